The molecule has 1 fully saturated rings. The van der Waals surface area contributed by atoms with E-state index in [0.29, 0.717) is 12.5 Å². The molecule has 0 spiro atoms. The van der Waals surface area contributed by atoms with Gasteiger partial charge in [-0.15, -0.1) is 0 Å². The average Bonchev–Trinajstić information content (AvgIpc) is 2.81. The molecule has 118 valence electrons. The van der Waals surface area contributed by atoms with Crippen molar-refractivity contribution in [3.8, 4) is 0 Å². The Morgan fingerprint density at radius 3 is 2.70 bits per heavy atom. The minimum absolute atomic E-state index is 0.255. The van der Waals surface area contributed by atoms with Gasteiger partial charge in [-0.25, -0.2) is 0 Å². The lowest BCUT2D eigenvalue weighted by atomic mass is 9.91. The van der Waals surface area contributed by atoms with E-state index in [0.717, 1.165) is 26.0 Å². The summed E-state index contributed by atoms with van der Waals surface area (Å²) in [4.78, 5) is 14.1. The van der Waals surface area contributed by atoms with E-state index < -0.39 is 5.54 Å². The topological polar surface area (TPSA) is 67.6 Å². The predicted molar refractivity (Wildman–Crippen MR) is 81.6 cm³/mol. The van der Waals surface area contributed by atoms with Crippen molar-refractivity contribution in [2.45, 2.75) is 70.7 Å². The molecule has 3 N–H and O–H groups in total. The summed E-state index contributed by atoms with van der Waals surface area (Å²) in [6.45, 7) is 9.89. The van der Waals surface area contributed by atoms with Gasteiger partial charge in [0.15, 0.2) is 0 Å². The highest BCUT2D eigenvalue weighted by Gasteiger charge is 2.36. The molecule has 1 amide bonds. The Morgan fingerprint density at radius 1 is 1.60 bits per heavy atom. The maximum Gasteiger partial charge on any atom is 0.237 e. The summed E-state index contributed by atoms with van der Waals surface area (Å²) >= 11 is 0. The number of carbonyl (C=O) groups excluding carboxylic acids is 1. The van der Waals surface area contributed by atoms with Crippen molar-refractivity contribution in [3.63, 3.8) is 0 Å². The van der Waals surface area contributed by atoms with Crippen LogP contribution < -0.4 is 11.1 Å². The first kappa shape index (κ1) is 17.4. The molecule has 1 rings (SSSR count). The molecule has 1 saturated heterocycles. The van der Waals surface area contributed by atoms with Gasteiger partial charge in [0.1, 0.15) is 0 Å². The predicted octanol–water partition coefficient (Wildman–Crippen LogP) is 1.12. The van der Waals surface area contributed by atoms with Crippen LogP contribution in [0.4, 0.5) is 0 Å². The van der Waals surface area contributed by atoms with E-state index in [2.05, 4.69) is 38.0 Å². The van der Waals surface area contributed by atoms with Crippen LogP contribution in [-0.2, 0) is 9.53 Å². The van der Waals surface area contributed by atoms with Gasteiger partial charge >= 0.3 is 0 Å². The lowest BCUT2D eigenvalue weighted by molar-refractivity contribution is -0.124. The third-order valence-corrected chi connectivity index (χ3v) is 4.57. The Kier molecular flexibility index (Phi) is 6.43. The van der Waals surface area contributed by atoms with Crippen molar-refractivity contribution >= 4 is 5.91 Å². The summed E-state index contributed by atoms with van der Waals surface area (Å²) in [5.74, 6) is -0.276. The first-order valence-electron chi connectivity index (χ1n) is 7.70. The van der Waals surface area contributed by atoms with Gasteiger partial charge in [-0.3, -0.25) is 9.69 Å². The van der Waals surface area contributed by atoms with Crippen LogP contribution in [0, 0.1) is 0 Å². The van der Waals surface area contributed by atoms with Crippen LogP contribution in [0.1, 0.15) is 47.0 Å². The Morgan fingerprint density at radius 2 is 2.25 bits per heavy atom. The van der Waals surface area contributed by atoms with E-state index >= 15 is 0 Å². The van der Waals surface area contributed by atoms with Crippen molar-refractivity contribution in [1.29, 1.82) is 0 Å². The van der Waals surface area contributed by atoms with Crippen molar-refractivity contribution in [3.05, 3.63) is 0 Å². The van der Waals surface area contributed by atoms with Crippen molar-refractivity contribution < 1.29 is 9.53 Å². The van der Waals surface area contributed by atoms with Gasteiger partial charge in [-0.2, -0.15) is 0 Å². The van der Waals surface area contributed by atoms with E-state index in [1.807, 2.05) is 6.92 Å². The van der Waals surface area contributed by atoms with Gasteiger partial charge in [0.25, 0.3) is 0 Å². The molecular formula is C15H31N3O2. The zero-order valence-electron chi connectivity index (χ0n) is 13.6. The summed E-state index contributed by atoms with van der Waals surface area (Å²) in [6.07, 6.45) is 3.01. The second kappa shape index (κ2) is 7.38. The molecule has 0 saturated carbocycles. The molecule has 0 aromatic carbocycles. The van der Waals surface area contributed by atoms with E-state index in [1.165, 1.54) is 0 Å². The van der Waals surface area contributed by atoms with Crippen molar-refractivity contribution in [2.24, 2.45) is 5.73 Å². The van der Waals surface area contributed by atoms with Crippen LogP contribution in [0.3, 0.4) is 0 Å². The third-order valence-electron chi connectivity index (χ3n) is 4.57. The number of rotatable bonds is 8. The Labute approximate surface area is 123 Å². The zero-order valence-corrected chi connectivity index (χ0v) is 13.6. The van der Waals surface area contributed by atoms with Crippen LogP contribution in [0.5, 0.6) is 0 Å². The highest BCUT2D eigenvalue weighted by molar-refractivity contribution is 5.84. The molecule has 1 aliphatic rings. The van der Waals surface area contributed by atoms with Crippen LogP contribution in [0.15, 0.2) is 0 Å². The molecule has 0 bridgehead atoms. The van der Waals surface area contributed by atoms with Gasteiger partial charge in [-0.1, -0.05) is 6.92 Å². The summed E-state index contributed by atoms with van der Waals surface area (Å²) in [5.41, 5.74) is 4.95. The lowest BCUT2D eigenvalue weighted by Crippen LogP contribution is -2.57. The Hall–Kier alpha value is -0.650. The number of nitrogens with zero attached hydrogens (tertiary/aromatic N) is 1. The quantitative estimate of drug-likeness (QED) is 0.701. The monoisotopic (exact) mass is 285 g/mol. The maximum absolute atomic E-state index is 11.8. The van der Waals surface area contributed by atoms with Crippen LogP contribution in [0.25, 0.3) is 0 Å². The van der Waals surface area contributed by atoms with E-state index in [9.17, 15) is 4.79 Å². The molecule has 5 heteroatoms. The van der Waals surface area contributed by atoms with Gasteiger partial charge < -0.3 is 15.8 Å². The Bertz CT molecular complexity index is 324. The van der Waals surface area contributed by atoms with Crippen LogP contribution >= 0.6 is 0 Å². The van der Waals surface area contributed by atoms with Gasteiger partial charge in [-0.05, 0) is 53.6 Å². The smallest absolute Gasteiger partial charge is 0.237 e. The first-order chi connectivity index (χ1) is 9.31. The summed E-state index contributed by atoms with van der Waals surface area (Å²) in [6, 6.07) is 0.694. The van der Waals surface area contributed by atoms with Gasteiger partial charge in [0, 0.05) is 18.7 Å². The van der Waals surface area contributed by atoms with Crippen LogP contribution in [-0.4, -0.2) is 54.7 Å². The average molecular weight is 285 g/mol. The zero-order chi connectivity index (χ0) is 15.3. The highest BCUT2D eigenvalue weighted by Crippen LogP contribution is 2.23. The molecule has 1 aliphatic heterocycles. The third kappa shape index (κ3) is 4.17. The van der Waals surface area contributed by atoms with E-state index in [4.69, 9.17) is 10.5 Å². The second-order valence-corrected chi connectivity index (χ2v) is 6.27. The standard InChI is InChI=1S/C15H31N3O2/c1-6-8-17-15(4,14(16)19)10-11(2)18(5)13-7-9-20-12(13)3/h11-13,17H,6-10H2,1-5H3,(H2,16,19). The van der Waals surface area contributed by atoms with E-state index in [-0.39, 0.29) is 18.1 Å². The SMILES string of the molecule is CCCNC(C)(CC(C)N(C)C1CCOC1C)C(N)=O. The summed E-state index contributed by atoms with van der Waals surface area (Å²) in [7, 11) is 2.11. The number of primary amides is 1. The lowest BCUT2D eigenvalue weighted by Gasteiger charge is -2.37. The molecule has 20 heavy (non-hydrogen) atoms. The molecule has 5 nitrogen and oxygen atoms in total. The molecule has 0 aromatic heterocycles. The maximum atomic E-state index is 11.8. The van der Waals surface area contributed by atoms with Gasteiger partial charge in [0.2, 0.25) is 5.91 Å². The van der Waals surface area contributed by atoms with E-state index in [1.54, 1.807) is 0 Å². The summed E-state index contributed by atoms with van der Waals surface area (Å²) in [5, 5.41) is 3.30. The van der Waals surface area contributed by atoms with Crippen LogP contribution in [0.2, 0.25) is 0 Å². The number of hydrogen-bond donors (Lipinski definition) is 2. The highest BCUT2D eigenvalue weighted by atomic mass is 16.5. The molecule has 0 radical (unpaired) electrons. The van der Waals surface area contributed by atoms with Gasteiger partial charge in [0.05, 0.1) is 11.6 Å². The molecule has 0 aromatic rings. The van der Waals surface area contributed by atoms with Crippen molar-refractivity contribution in [2.75, 3.05) is 20.2 Å². The number of nitrogens with two attached hydrogens (primary N) is 1. The minimum Gasteiger partial charge on any atom is -0.377 e. The number of nitrogens with one attached hydrogen (secondary N) is 1. The fraction of sp³-hybridized carbons (Fsp3) is 0.933. The number of amides is 1. The number of likely N-dealkylation sites (N-methyl/N-ethyl adjacent to an activating group) is 1. The number of carbonyl (C=O) groups is 1. The second-order valence-electron chi connectivity index (χ2n) is 6.27. The molecule has 0 aliphatic carbocycles. The number of ether oxygens (including phenoxy) is 1. The minimum atomic E-state index is -0.646. The molecule has 1 heterocycles. The fourth-order valence-electron chi connectivity index (χ4n) is 2.98. The molecular weight excluding hydrogens is 254 g/mol. The molecule has 4 unspecified atom stereocenters. The molecule has 4 atom stereocenters. The summed E-state index contributed by atoms with van der Waals surface area (Å²) < 4.78 is 5.63. The van der Waals surface area contributed by atoms with Crippen molar-refractivity contribution in [1.82, 2.24) is 10.2 Å². The Balaban J connectivity index is 2.65. The number of hydrogen-bond acceptors (Lipinski definition) is 4. The normalized spacial score (nSPS) is 27.5. The fourth-order valence-corrected chi connectivity index (χ4v) is 2.98. The largest absolute Gasteiger partial charge is 0.377 e. The first-order valence-corrected chi connectivity index (χ1v) is 7.70.